The van der Waals surface area contributed by atoms with Crippen molar-refractivity contribution in [2.75, 3.05) is 13.7 Å². The highest BCUT2D eigenvalue weighted by Gasteiger charge is 2.15. The monoisotopic (exact) mass is 258 g/mol. The van der Waals surface area contributed by atoms with E-state index >= 15 is 0 Å². The SMILES string of the molecule is CCOC(=O)c1cncnc1-c1ccc(OC)cc1. The van der Waals surface area contributed by atoms with Gasteiger partial charge in [-0.25, -0.2) is 14.8 Å². The van der Waals surface area contributed by atoms with Gasteiger partial charge in [0.25, 0.3) is 0 Å². The zero-order chi connectivity index (χ0) is 13.7. The number of benzene rings is 1. The van der Waals surface area contributed by atoms with Crippen LogP contribution in [0.3, 0.4) is 0 Å². The normalized spacial score (nSPS) is 10.0. The Morgan fingerprint density at radius 3 is 2.63 bits per heavy atom. The van der Waals surface area contributed by atoms with Gasteiger partial charge in [-0.3, -0.25) is 0 Å². The Bertz CT molecular complexity index is 567. The molecule has 5 nitrogen and oxygen atoms in total. The number of ether oxygens (including phenoxy) is 2. The maximum Gasteiger partial charge on any atom is 0.341 e. The van der Waals surface area contributed by atoms with Crippen LogP contribution < -0.4 is 4.74 Å². The first kappa shape index (κ1) is 13.0. The van der Waals surface area contributed by atoms with E-state index in [1.807, 2.05) is 24.3 Å². The van der Waals surface area contributed by atoms with Crippen LogP contribution in [0.5, 0.6) is 5.75 Å². The lowest BCUT2D eigenvalue weighted by Crippen LogP contribution is -2.08. The molecule has 1 aromatic carbocycles. The van der Waals surface area contributed by atoms with Gasteiger partial charge in [0.1, 0.15) is 17.6 Å². The number of methoxy groups -OCH3 is 1. The van der Waals surface area contributed by atoms with E-state index in [0.29, 0.717) is 17.9 Å². The van der Waals surface area contributed by atoms with Gasteiger partial charge in [-0.15, -0.1) is 0 Å². The summed E-state index contributed by atoms with van der Waals surface area (Å²) in [4.78, 5) is 19.9. The third kappa shape index (κ3) is 2.88. The van der Waals surface area contributed by atoms with Gasteiger partial charge in [-0.1, -0.05) is 0 Å². The Morgan fingerprint density at radius 1 is 1.26 bits per heavy atom. The summed E-state index contributed by atoms with van der Waals surface area (Å²) in [6, 6.07) is 7.30. The molecule has 0 radical (unpaired) electrons. The molecule has 0 aliphatic carbocycles. The van der Waals surface area contributed by atoms with Crippen molar-refractivity contribution in [1.29, 1.82) is 0 Å². The van der Waals surface area contributed by atoms with E-state index in [0.717, 1.165) is 11.3 Å². The van der Waals surface area contributed by atoms with Crippen LogP contribution in [0.1, 0.15) is 17.3 Å². The number of rotatable bonds is 4. The molecule has 1 aromatic heterocycles. The predicted molar refractivity (Wildman–Crippen MR) is 70.0 cm³/mol. The lowest BCUT2D eigenvalue weighted by molar-refractivity contribution is 0.0526. The molecule has 0 bridgehead atoms. The highest BCUT2D eigenvalue weighted by atomic mass is 16.5. The molecule has 0 amide bonds. The Kier molecular flexibility index (Phi) is 4.07. The lowest BCUT2D eigenvalue weighted by Gasteiger charge is -2.07. The molecule has 0 saturated heterocycles. The first-order valence-electron chi connectivity index (χ1n) is 5.87. The predicted octanol–water partition coefficient (Wildman–Crippen LogP) is 2.33. The summed E-state index contributed by atoms with van der Waals surface area (Å²) < 4.78 is 10.1. The first-order chi connectivity index (χ1) is 9.26. The Balaban J connectivity index is 2.40. The zero-order valence-electron chi connectivity index (χ0n) is 10.8. The van der Waals surface area contributed by atoms with Crippen LogP contribution in [-0.2, 0) is 4.74 Å². The molecule has 0 N–H and O–H groups in total. The quantitative estimate of drug-likeness (QED) is 0.788. The highest BCUT2D eigenvalue weighted by Crippen LogP contribution is 2.23. The molecule has 2 rings (SSSR count). The van der Waals surface area contributed by atoms with Gasteiger partial charge in [0, 0.05) is 11.8 Å². The molecule has 5 heteroatoms. The van der Waals surface area contributed by atoms with Gasteiger partial charge < -0.3 is 9.47 Å². The van der Waals surface area contributed by atoms with Crippen LogP contribution in [0.4, 0.5) is 0 Å². The molecule has 0 fully saturated rings. The van der Waals surface area contributed by atoms with Crippen LogP contribution in [-0.4, -0.2) is 29.7 Å². The van der Waals surface area contributed by atoms with Crippen molar-refractivity contribution in [3.8, 4) is 17.0 Å². The number of esters is 1. The van der Waals surface area contributed by atoms with Crippen molar-refractivity contribution in [2.45, 2.75) is 6.92 Å². The van der Waals surface area contributed by atoms with Crippen molar-refractivity contribution >= 4 is 5.97 Å². The number of nitrogens with zero attached hydrogens (tertiary/aromatic N) is 2. The van der Waals surface area contributed by atoms with Gasteiger partial charge >= 0.3 is 5.97 Å². The maximum absolute atomic E-state index is 11.8. The molecule has 0 atom stereocenters. The summed E-state index contributed by atoms with van der Waals surface area (Å²) in [7, 11) is 1.60. The minimum atomic E-state index is -0.422. The van der Waals surface area contributed by atoms with Gasteiger partial charge in [0.15, 0.2) is 0 Å². The molecule has 0 aliphatic rings. The van der Waals surface area contributed by atoms with Gasteiger partial charge in [-0.2, -0.15) is 0 Å². The van der Waals surface area contributed by atoms with E-state index < -0.39 is 5.97 Å². The molecule has 1 heterocycles. The molecular formula is C14H14N2O3. The molecule has 0 saturated carbocycles. The summed E-state index contributed by atoms with van der Waals surface area (Å²) in [5.74, 6) is 0.324. The summed E-state index contributed by atoms with van der Waals surface area (Å²) >= 11 is 0. The molecular weight excluding hydrogens is 244 g/mol. The van der Waals surface area contributed by atoms with Crippen LogP contribution in [0.25, 0.3) is 11.3 Å². The third-order valence-electron chi connectivity index (χ3n) is 2.57. The van der Waals surface area contributed by atoms with Gasteiger partial charge in [-0.05, 0) is 31.2 Å². The fraction of sp³-hybridized carbons (Fsp3) is 0.214. The van der Waals surface area contributed by atoms with Crippen LogP contribution in [0.2, 0.25) is 0 Å². The number of aromatic nitrogens is 2. The fourth-order valence-electron chi connectivity index (χ4n) is 1.67. The lowest BCUT2D eigenvalue weighted by atomic mass is 10.1. The molecule has 19 heavy (non-hydrogen) atoms. The number of carbonyl (C=O) groups excluding carboxylic acids is 1. The minimum Gasteiger partial charge on any atom is -0.497 e. The highest BCUT2D eigenvalue weighted by molar-refractivity contribution is 5.95. The third-order valence-corrected chi connectivity index (χ3v) is 2.57. The standard InChI is InChI=1S/C14H14N2O3/c1-3-19-14(17)12-8-15-9-16-13(12)10-4-6-11(18-2)7-5-10/h4-9H,3H2,1-2H3. The van der Waals surface area contributed by atoms with E-state index in [9.17, 15) is 4.79 Å². The van der Waals surface area contributed by atoms with Crippen LogP contribution in [0.15, 0.2) is 36.8 Å². The Morgan fingerprint density at radius 2 is 2.00 bits per heavy atom. The topological polar surface area (TPSA) is 61.3 Å². The van der Waals surface area contributed by atoms with E-state index in [1.54, 1.807) is 14.0 Å². The number of hydrogen-bond donors (Lipinski definition) is 0. The fourth-order valence-corrected chi connectivity index (χ4v) is 1.67. The Labute approximate surface area is 111 Å². The van der Waals surface area contributed by atoms with Crippen molar-refractivity contribution in [1.82, 2.24) is 9.97 Å². The van der Waals surface area contributed by atoms with Crippen molar-refractivity contribution in [2.24, 2.45) is 0 Å². The maximum atomic E-state index is 11.8. The van der Waals surface area contributed by atoms with E-state index in [-0.39, 0.29) is 0 Å². The van der Waals surface area contributed by atoms with Crippen molar-refractivity contribution in [3.05, 3.63) is 42.4 Å². The molecule has 0 unspecified atom stereocenters. The second kappa shape index (κ2) is 5.95. The number of carbonyl (C=O) groups is 1. The number of hydrogen-bond acceptors (Lipinski definition) is 5. The summed E-state index contributed by atoms with van der Waals surface area (Å²) in [6.07, 6.45) is 2.87. The van der Waals surface area contributed by atoms with Gasteiger partial charge in [0.05, 0.1) is 19.4 Å². The van der Waals surface area contributed by atoms with E-state index in [2.05, 4.69) is 9.97 Å². The second-order valence-corrected chi connectivity index (χ2v) is 3.73. The molecule has 98 valence electrons. The Hall–Kier alpha value is -2.43. The zero-order valence-corrected chi connectivity index (χ0v) is 10.8. The minimum absolute atomic E-state index is 0.315. The molecule has 2 aromatic rings. The van der Waals surface area contributed by atoms with Crippen molar-refractivity contribution < 1.29 is 14.3 Å². The van der Waals surface area contributed by atoms with Crippen molar-refractivity contribution in [3.63, 3.8) is 0 Å². The molecule has 0 aliphatic heterocycles. The van der Waals surface area contributed by atoms with E-state index in [1.165, 1.54) is 12.5 Å². The van der Waals surface area contributed by atoms with Crippen LogP contribution in [0, 0.1) is 0 Å². The first-order valence-corrected chi connectivity index (χ1v) is 5.87. The van der Waals surface area contributed by atoms with Gasteiger partial charge in [0.2, 0.25) is 0 Å². The van der Waals surface area contributed by atoms with Crippen LogP contribution >= 0.6 is 0 Å². The average Bonchev–Trinajstić information content (AvgIpc) is 2.47. The smallest absolute Gasteiger partial charge is 0.341 e. The summed E-state index contributed by atoms with van der Waals surface area (Å²) in [6.45, 7) is 2.07. The second-order valence-electron chi connectivity index (χ2n) is 3.73. The largest absolute Gasteiger partial charge is 0.497 e. The summed E-state index contributed by atoms with van der Waals surface area (Å²) in [5, 5.41) is 0. The van der Waals surface area contributed by atoms with E-state index in [4.69, 9.17) is 9.47 Å². The average molecular weight is 258 g/mol. The molecule has 0 spiro atoms. The summed E-state index contributed by atoms with van der Waals surface area (Å²) in [5.41, 5.74) is 1.72.